The van der Waals surface area contributed by atoms with E-state index in [2.05, 4.69) is 34.4 Å². The van der Waals surface area contributed by atoms with Gasteiger partial charge in [0.05, 0.1) is 6.61 Å². The molecule has 0 amide bonds. The van der Waals surface area contributed by atoms with Crippen molar-refractivity contribution in [3.05, 3.63) is 34.9 Å². The Morgan fingerprint density at radius 2 is 2.21 bits per heavy atom. The summed E-state index contributed by atoms with van der Waals surface area (Å²) in [6, 6.07) is 8.60. The van der Waals surface area contributed by atoms with E-state index in [0.29, 0.717) is 12.0 Å². The number of likely N-dealkylation sites (N-methyl/N-ethyl adjacent to an activating group) is 1. The van der Waals surface area contributed by atoms with Crippen LogP contribution in [0.1, 0.15) is 30.7 Å². The number of nitrogens with zero attached hydrogens (tertiary/aromatic N) is 2. The molecule has 0 spiro atoms. The van der Waals surface area contributed by atoms with Crippen molar-refractivity contribution in [3.63, 3.8) is 0 Å². The van der Waals surface area contributed by atoms with Gasteiger partial charge < -0.3 is 15.0 Å². The smallest absolute Gasteiger partial charge is 0.193 e. The molecule has 0 radical (unpaired) electrons. The van der Waals surface area contributed by atoms with E-state index in [-0.39, 0.29) is 24.0 Å². The molecule has 2 aliphatic carbocycles. The Morgan fingerprint density at radius 1 is 1.42 bits per heavy atom. The van der Waals surface area contributed by atoms with Gasteiger partial charge in [-0.3, -0.25) is 4.99 Å². The number of halogens is 2. The van der Waals surface area contributed by atoms with Crippen molar-refractivity contribution in [3.8, 4) is 0 Å². The molecule has 6 heteroatoms. The van der Waals surface area contributed by atoms with Gasteiger partial charge in [0, 0.05) is 44.2 Å². The Balaban J connectivity index is 0.00000208. The van der Waals surface area contributed by atoms with Crippen molar-refractivity contribution in [2.45, 2.75) is 31.2 Å². The third kappa shape index (κ3) is 5.77. The fraction of sp³-hybridized carbons (Fsp3) is 0.611. The van der Waals surface area contributed by atoms with Crippen LogP contribution in [0.2, 0.25) is 5.02 Å². The summed E-state index contributed by atoms with van der Waals surface area (Å²) in [5, 5.41) is 4.36. The van der Waals surface area contributed by atoms with E-state index in [1.165, 1.54) is 18.4 Å². The monoisotopic (exact) mass is 463 g/mol. The standard InChI is InChI=1S/C18H26ClN3O.HI/c1-20-18(22(2)8-9-23-12-13-6-7-13)21-17-11-16(17)14-4-3-5-15(19)10-14;/h3-5,10,13,16-17H,6-9,11-12H2,1-2H3,(H,20,21);1H. The van der Waals surface area contributed by atoms with E-state index >= 15 is 0 Å². The molecule has 134 valence electrons. The number of guanidine groups is 1. The summed E-state index contributed by atoms with van der Waals surface area (Å²) < 4.78 is 5.71. The second-order valence-electron chi connectivity index (χ2n) is 6.64. The van der Waals surface area contributed by atoms with Gasteiger partial charge in [-0.15, -0.1) is 24.0 Å². The molecular weight excluding hydrogens is 437 g/mol. The van der Waals surface area contributed by atoms with Crippen LogP contribution in [0, 0.1) is 5.92 Å². The molecule has 0 saturated heterocycles. The summed E-state index contributed by atoms with van der Waals surface area (Å²) in [4.78, 5) is 6.53. The van der Waals surface area contributed by atoms with Gasteiger partial charge in [-0.2, -0.15) is 0 Å². The van der Waals surface area contributed by atoms with Crippen LogP contribution in [0.25, 0.3) is 0 Å². The zero-order valence-corrected chi connectivity index (χ0v) is 17.5. The average molecular weight is 464 g/mol. The van der Waals surface area contributed by atoms with E-state index in [4.69, 9.17) is 16.3 Å². The minimum absolute atomic E-state index is 0. The molecule has 1 aromatic rings. The molecule has 24 heavy (non-hydrogen) atoms. The SMILES string of the molecule is CN=C(NC1CC1c1cccc(Cl)c1)N(C)CCOCC1CC1.I. The van der Waals surface area contributed by atoms with Crippen LogP contribution < -0.4 is 5.32 Å². The molecule has 1 aromatic carbocycles. The summed E-state index contributed by atoms with van der Waals surface area (Å²) in [6.45, 7) is 2.54. The highest BCUT2D eigenvalue weighted by Gasteiger charge is 2.39. The Morgan fingerprint density at radius 3 is 2.88 bits per heavy atom. The topological polar surface area (TPSA) is 36.9 Å². The van der Waals surface area contributed by atoms with Crippen molar-refractivity contribution in [1.29, 1.82) is 0 Å². The van der Waals surface area contributed by atoms with Gasteiger partial charge >= 0.3 is 0 Å². The summed E-state index contributed by atoms with van der Waals surface area (Å²) >= 11 is 6.08. The van der Waals surface area contributed by atoms with Gasteiger partial charge in [-0.1, -0.05) is 23.7 Å². The van der Waals surface area contributed by atoms with Gasteiger partial charge in [0.2, 0.25) is 0 Å². The van der Waals surface area contributed by atoms with Gasteiger partial charge in [0.15, 0.2) is 5.96 Å². The van der Waals surface area contributed by atoms with E-state index < -0.39 is 0 Å². The van der Waals surface area contributed by atoms with E-state index in [0.717, 1.165) is 43.1 Å². The number of hydrogen-bond donors (Lipinski definition) is 1. The van der Waals surface area contributed by atoms with Crippen molar-refractivity contribution in [2.75, 3.05) is 33.9 Å². The number of rotatable bonds is 7. The van der Waals surface area contributed by atoms with Gasteiger partial charge in [-0.05, 0) is 42.9 Å². The normalized spacial score (nSPS) is 22.7. The molecular formula is C18H27ClIN3O. The third-order valence-electron chi connectivity index (χ3n) is 4.58. The lowest BCUT2D eigenvalue weighted by atomic mass is 10.1. The molecule has 0 aromatic heterocycles. The van der Waals surface area contributed by atoms with Crippen LogP contribution >= 0.6 is 35.6 Å². The zero-order chi connectivity index (χ0) is 16.2. The summed E-state index contributed by atoms with van der Waals surface area (Å²) in [5.41, 5.74) is 1.31. The van der Waals surface area contributed by atoms with Crippen LogP contribution in [-0.4, -0.2) is 50.8 Å². The lowest BCUT2D eigenvalue weighted by Gasteiger charge is -2.22. The molecule has 2 atom stereocenters. The Kier molecular flexibility index (Phi) is 7.62. The van der Waals surface area contributed by atoms with Gasteiger partial charge in [0.1, 0.15) is 0 Å². The zero-order valence-electron chi connectivity index (χ0n) is 14.4. The van der Waals surface area contributed by atoms with E-state index in [1.54, 1.807) is 0 Å². The average Bonchev–Trinajstić information content (AvgIpc) is 3.44. The summed E-state index contributed by atoms with van der Waals surface area (Å²) in [5.74, 6) is 2.29. The fourth-order valence-electron chi connectivity index (χ4n) is 2.81. The Hall–Kier alpha value is -0.530. The number of aliphatic imine (C=N–C) groups is 1. The number of ether oxygens (including phenoxy) is 1. The second-order valence-corrected chi connectivity index (χ2v) is 7.07. The van der Waals surface area contributed by atoms with Crippen LogP contribution in [0.3, 0.4) is 0 Å². The maximum Gasteiger partial charge on any atom is 0.193 e. The first-order valence-corrected chi connectivity index (χ1v) is 8.83. The lowest BCUT2D eigenvalue weighted by Crippen LogP contribution is -2.42. The summed E-state index contributed by atoms with van der Waals surface area (Å²) in [6.07, 6.45) is 3.81. The molecule has 0 heterocycles. The van der Waals surface area contributed by atoms with Crippen molar-refractivity contribution >= 4 is 41.5 Å². The van der Waals surface area contributed by atoms with E-state index in [9.17, 15) is 0 Å². The largest absolute Gasteiger partial charge is 0.379 e. The molecule has 2 fully saturated rings. The molecule has 2 unspecified atom stereocenters. The van der Waals surface area contributed by atoms with Crippen LogP contribution in [0.15, 0.2) is 29.3 Å². The van der Waals surface area contributed by atoms with Gasteiger partial charge in [-0.25, -0.2) is 0 Å². The molecule has 2 aliphatic rings. The second kappa shape index (κ2) is 9.25. The maximum atomic E-state index is 6.08. The summed E-state index contributed by atoms with van der Waals surface area (Å²) in [7, 11) is 3.90. The minimum atomic E-state index is 0. The van der Waals surface area contributed by atoms with Crippen LogP contribution in [0.5, 0.6) is 0 Å². The van der Waals surface area contributed by atoms with Gasteiger partial charge in [0.25, 0.3) is 0 Å². The first-order valence-electron chi connectivity index (χ1n) is 8.45. The molecule has 0 aliphatic heterocycles. The predicted molar refractivity (Wildman–Crippen MR) is 111 cm³/mol. The van der Waals surface area contributed by atoms with E-state index in [1.807, 2.05) is 19.2 Å². The van der Waals surface area contributed by atoms with Crippen LogP contribution in [0.4, 0.5) is 0 Å². The highest BCUT2D eigenvalue weighted by atomic mass is 127. The first kappa shape index (κ1) is 19.8. The van der Waals surface area contributed by atoms with Crippen molar-refractivity contribution in [1.82, 2.24) is 10.2 Å². The molecule has 3 rings (SSSR count). The highest BCUT2D eigenvalue weighted by Crippen LogP contribution is 2.41. The van der Waals surface area contributed by atoms with Crippen molar-refractivity contribution < 1.29 is 4.74 Å². The molecule has 4 nitrogen and oxygen atoms in total. The first-order chi connectivity index (χ1) is 11.2. The third-order valence-corrected chi connectivity index (χ3v) is 4.81. The quantitative estimate of drug-likeness (QED) is 0.290. The highest BCUT2D eigenvalue weighted by molar-refractivity contribution is 14.0. The number of benzene rings is 1. The number of hydrogen-bond acceptors (Lipinski definition) is 2. The molecule has 1 N–H and O–H groups in total. The fourth-order valence-corrected chi connectivity index (χ4v) is 3.01. The molecule has 0 bridgehead atoms. The maximum absolute atomic E-state index is 6.08. The van der Waals surface area contributed by atoms with Crippen molar-refractivity contribution in [2.24, 2.45) is 10.9 Å². The minimum Gasteiger partial charge on any atom is -0.379 e. The lowest BCUT2D eigenvalue weighted by molar-refractivity contribution is 0.115. The Bertz CT molecular complexity index is 565. The van der Waals surface area contributed by atoms with Crippen LogP contribution in [-0.2, 0) is 4.74 Å². The molecule has 2 saturated carbocycles. The predicted octanol–water partition coefficient (Wildman–Crippen LogP) is 3.75. The Labute approximate surface area is 167 Å². The number of nitrogens with one attached hydrogen (secondary N) is 1.